The maximum atomic E-state index is 6.30. The molecule has 1 aromatic carbocycles. The molecule has 0 aromatic heterocycles. The van der Waals surface area contributed by atoms with Crippen LogP contribution in [0.15, 0.2) is 30.3 Å². The number of nitrogens with zero attached hydrogens (tertiary/aromatic N) is 2. The van der Waals surface area contributed by atoms with Crippen molar-refractivity contribution in [1.29, 1.82) is 0 Å². The van der Waals surface area contributed by atoms with Crippen molar-refractivity contribution >= 4 is 0 Å². The average molecular weight is 261 g/mol. The van der Waals surface area contributed by atoms with Gasteiger partial charge in [0.2, 0.25) is 0 Å². The molecule has 3 heteroatoms. The fraction of sp³-hybridized carbons (Fsp3) is 0.625. The lowest BCUT2D eigenvalue weighted by Gasteiger charge is -2.37. The van der Waals surface area contributed by atoms with Crippen LogP contribution in [0, 0.1) is 0 Å². The number of nitrogens with two attached hydrogens (primary N) is 1. The molecule has 2 atom stereocenters. The van der Waals surface area contributed by atoms with Gasteiger partial charge in [-0.05, 0) is 45.5 Å². The summed E-state index contributed by atoms with van der Waals surface area (Å²) in [7, 11) is 4.36. The zero-order chi connectivity index (χ0) is 13.7. The Kier molecular flexibility index (Phi) is 5.37. The summed E-state index contributed by atoms with van der Waals surface area (Å²) in [6, 6.07) is 11.5. The van der Waals surface area contributed by atoms with E-state index in [9.17, 15) is 0 Å². The monoisotopic (exact) mass is 261 g/mol. The second kappa shape index (κ2) is 7.04. The summed E-state index contributed by atoms with van der Waals surface area (Å²) in [5.41, 5.74) is 7.65. The second-order valence-electron chi connectivity index (χ2n) is 5.97. The van der Waals surface area contributed by atoms with Crippen LogP contribution >= 0.6 is 0 Å². The van der Waals surface area contributed by atoms with Crippen molar-refractivity contribution in [2.75, 3.05) is 33.7 Å². The summed E-state index contributed by atoms with van der Waals surface area (Å²) in [4.78, 5) is 4.87. The van der Waals surface area contributed by atoms with Crippen molar-refractivity contribution < 1.29 is 0 Å². The van der Waals surface area contributed by atoms with Gasteiger partial charge < -0.3 is 15.5 Å². The van der Waals surface area contributed by atoms with Gasteiger partial charge in [0.1, 0.15) is 0 Å². The quantitative estimate of drug-likeness (QED) is 0.873. The Bertz CT molecular complexity index is 364. The van der Waals surface area contributed by atoms with E-state index >= 15 is 0 Å². The molecule has 1 aliphatic heterocycles. The van der Waals surface area contributed by atoms with Crippen molar-refractivity contribution in [3.63, 3.8) is 0 Å². The molecule has 0 saturated carbocycles. The second-order valence-corrected chi connectivity index (χ2v) is 5.97. The average Bonchev–Trinajstić information content (AvgIpc) is 2.40. The highest BCUT2D eigenvalue weighted by atomic mass is 15.2. The first-order chi connectivity index (χ1) is 9.15. The molecule has 2 unspecified atom stereocenters. The molecule has 106 valence electrons. The van der Waals surface area contributed by atoms with Gasteiger partial charge in [0, 0.05) is 25.2 Å². The van der Waals surface area contributed by atoms with Crippen molar-refractivity contribution in [2.45, 2.75) is 31.3 Å². The van der Waals surface area contributed by atoms with Crippen LogP contribution in [-0.2, 0) is 6.42 Å². The maximum Gasteiger partial charge on any atom is 0.0217 e. The zero-order valence-electron chi connectivity index (χ0n) is 12.3. The third-order valence-electron chi connectivity index (χ3n) is 4.04. The van der Waals surface area contributed by atoms with Crippen molar-refractivity contribution in [3.8, 4) is 0 Å². The minimum Gasteiger partial charge on any atom is -0.326 e. The predicted molar refractivity (Wildman–Crippen MR) is 81.3 cm³/mol. The third kappa shape index (κ3) is 4.60. The maximum absolute atomic E-state index is 6.30. The van der Waals surface area contributed by atoms with Crippen LogP contribution in [0.4, 0.5) is 0 Å². The summed E-state index contributed by atoms with van der Waals surface area (Å²) >= 11 is 0. The largest absolute Gasteiger partial charge is 0.326 e. The van der Waals surface area contributed by atoms with Crippen LogP contribution in [0.25, 0.3) is 0 Å². The molecule has 2 N–H and O–H groups in total. The normalized spacial score (nSPS) is 22.6. The van der Waals surface area contributed by atoms with Crippen LogP contribution < -0.4 is 5.73 Å². The molecule has 3 nitrogen and oxygen atoms in total. The van der Waals surface area contributed by atoms with E-state index in [0.29, 0.717) is 6.04 Å². The van der Waals surface area contributed by atoms with Gasteiger partial charge in [-0.3, -0.25) is 0 Å². The highest BCUT2D eigenvalue weighted by molar-refractivity contribution is 5.15. The molecule has 0 spiro atoms. The minimum absolute atomic E-state index is 0.239. The lowest BCUT2D eigenvalue weighted by Crippen LogP contribution is -2.49. The van der Waals surface area contributed by atoms with E-state index in [1.54, 1.807) is 0 Å². The molecule has 1 heterocycles. The third-order valence-corrected chi connectivity index (χ3v) is 4.04. The number of hydrogen-bond acceptors (Lipinski definition) is 3. The fourth-order valence-corrected chi connectivity index (χ4v) is 2.93. The highest BCUT2D eigenvalue weighted by Crippen LogP contribution is 2.14. The van der Waals surface area contributed by atoms with E-state index in [-0.39, 0.29) is 6.04 Å². The summed E-state index contributed by atoms with van der Waals surface area (Å²) in [6.07, 6.45) is 3.59. The van der Waals surface area contributed by atoms with E-state index in [4.69, 9.17) is 5.73 Å². The minimum atomic E-state index is 0.239. The Morgan fingerprint density at radius 1 is 1.32 bits per heavy atom. The highest BCUT2D eigenvalue weighted by Gasteiger charge is 2.22. The molecular formula is C16H27N3. The Morgan fingerprint density at radius 2 is 2.05 bits per heavy atom. The van der Waals surface area contributed by atoms with E-state index < -0.39 is 0 Å². The van der Waals surface area contributed by atoms with E-state index in [1.807, 2.05) is 0 Å². The van der Waals surface area contributed by atoms with Crippen molar-refractivity contribution in [2.24, 2.45) is 5.73 Å². The SMILES string of the molecule is CN(C)C1CCCN(CC(N)Cc2ccccc2)C1. The van der Waals surface area contributed by atoms with Crippen LogP contribution in [0.5, 0.6) is 0 Å². The molecule has 0 radical (unpaired) electrons. The van der Waals surface area contributed by atoms with Crippen LogP contribution in [0.2, 0.25) is 0 Å². The number of benzene rings is 1. The van der Waals surface area contributed by atoms with Crippen LogP contribution in [0.1, 0.15) is 18.4 Å². The summed E-state index contributed by atoms with van der Waals surface area (Å²) in [5.74, 6) is 0. The van der Waals surface area contributed by atoms with Gasteiger partial charge in [0.15, 0.2) is 0 Å². The number of hydrogen-bond donors (Lipinski definition) is 1. The Hall–Kier alpha value is -0.900. The molecule has 1 aromatic rings. The van der Waals surface area contributed by atoms with Gasteiger partial charge in [-0.25, -0.2) is 0 Å². The summed E-state index contributed by atoms with van der Waals surface area (Å²) in [5, 5.41) is 0. The molecule has 19 heavy (non-hydrogen) atoms. The van der Waals surface area contributed by atoms with Gasteiger partial charge in [0.25, 0.3) is 0 Å². The van der Waals surface area contributed by atoms with E-state index in [1.165, 1.54) is 24.9 Å². The smallest absolute Gasteiger partial charge is 0.0217 e. The first kappa shape index (κ1) is 14.5. The fourth-order valence-electron chi connectivity index (χ4n) is 2.93. The van der Waals surface area contributed by atoms with Crippen molar-refractivity contribution in [1.82, 2.24) is 9.80 Å². The Labute approximate surface area is 117 Å². The Balaban J connectivity index is 1.80. The van der Waals surface area contributed by atoms with Crippen molar-refractivity contribution in [3.05, 3.63) is 35.9 Å². The molecule has 0 bridgehead atoms. The van der Waals surface area contributed by atoms with Gasteiger partial charge in [-0.2, -0.15) is 0 Å². The molecule has 0 aliphatic carbocycles. The first-order valence-electron chi connectivity index (χ1n) is 7.33. The molecule has 1 saturated heterocycles. The molecular weight excluding hydrogens is 234 g/mol. The number of rotatable bonds is 5. The number of likely N-dealkylation sites (tertiary alicyclic amines) is 1. The molecule has 2 rings (SSSR count). The summed E-state index contributed by atoms with van der Waals surface area (Å²) in [6.45, 7) is 3.38. The Morgan fingerprint density at radius 3 is 2.74 bits per heavy atom. The van der Waals surface area contributed by atoms with Crippen LogP contribution in [-0.4, -0.2) is 55.6 Å². The van der Waals surface area contributed by atoms with Gasteiger partial charge >= 0.3 is 0 Å². The standard InChI is InChI=1S/C16H27N3/c1-18(2)16-9-6-10-19(13-16)12-15(17)11-14-7-4-3-5-8-14/h3-5,7-8,15-16H,6,9-13,17H2,1-2H3. The topological polar surface area (TPSA) is 32.5 Å². The van der Waals surface area contributed by atoms with E-state index in [0.717, 1.165) is 19.5 Å². The lowest BCUT2D eigenvalue weighted by molar-refractivity contribution is 0.127. The first-order valence-corrected chi connectivity index (χ1v) is 7.33. The van der Waals surface area contributed by atoms with Gasteiger partial charge in [-0.1, -0.05) is 30.3 Å². The van der Waals surface area contributed by atoms with Gasteiger partial charge in [-0.15, -0.1) is 0 Å². The summed E-state index contributed by atoms with van der Waals surface area (Å²) < 4.78 is 0. The van der Waals surface area contributed by atoms with E-state index in [2.05, 4.69) is 54.2 Å². The van der Waals surface area contributed by atoms with Crippen LogP contribution in [0.3, 0.4) is 0 Å². The molecule has 1 fully saturated rings. The molecule has 1 aliphatic rings. The molecule has 0 amide bonds. The predicted octanol–water partition coefficient (Wildman–Crippen LogP) is 1.58. The zero-order valence-corrected chi connectivity index (χ0v) is 12.3. The van der Waals surface area contributed by atoms with Gasteiger partial charge in [0.05, 0.1) is 0 Å². The number of likely N-dealkylation sites (N-methyl/N-ethyl adjacent to an activating group) is 1. The number of piperidine rings is 1. The lowest BCUT2D eigenvalue weighted by atomic mass is 10.0.